The minimum absolute atomic E-state index is 0.0533. The summed E-state index contributed by atoms with van der Waals surface area (Å²) < 4.78 is 20.5. The fraction of sp³-hybridized carbons (Fsp3) is 0.118. The number of Topliss-reactive ketones (excluding diaryl/α,β-unsaturated/α-hetero) is 1. The molecule has 1 unspecified atom stereocenters. The molecule has 0 bridgehead atoms. The molecule has 0 spiro atoms. The number of nitrogens with zero attached hydrogens (tertiary/aromatic N) is 3. The lowest BCUT2D eigenvalue weighted by Crippen LogP contribution is -2.29. The number of halogens is 2. The van der Waals surface area contributed by atoms with Gasteiger partial charge in [0, 0.05) is 15.8 Å². The molecule has 1 N–H and O–H groups in total. The van der Waals surface area contributed by atoms with Crippen LogP contribution in [0.3, 0.4) is 0 Å². The van der Waals surface area contributed by atoms with Crippen molar-refractivity contribution < 1.29 is 23.8 Å². The van der Waals surface area contributed by atoms with Crippen LogP contribution < -0.4 is 9.64 Å². The van der Waals surface area contributed by atoms with E-state index in [1.807, 2.05) is 37.3 Å². The maximum absolute atomic E-state index is 13.6. The van der Waals surface area contributed by atoms with Gasteiger partial charge in [-0.15, -0.1) is 10.2 Å². The van der Waals surface area contributed by atoms with Gasteiger partial charge in [0.15, 0.2) is 4.34 Å². The molecule has 226 valence electrons. The third-order valence-corrected chi connectivity index (χ3v) is 9.89. The minimum Gasteiger partial charge on any atom is -0.507 e. The number of carbonyl (C=O) groups is 2. The molecule has 45 heavy (non-hydrogen) atoms. The molecule has 0 aliphatic carbocycles. The van der Waals surface area contributed by atoms with Crippen molar-refractivity contribution in [1.29, 1.82) is 0 Å². The number of rotatable bonds is 9. The van der Waals surface area contributed by atoms with Crippen LogP contribution in [0.2, 0.25) is 0 Å². The highest BCUT2D eigenvalue weighted by Crippen LogP contribution is 2.44. The van der Waals surface area contributed by atoms with Crippen LogP contribution >= 0.6 is 39.0 Å². The molecular weight excluding hydrogens is 677 g/mol. The molecule has 6 rings (SSSR count). The molecule has 7 nitrogen and oxygen atoms in total. The van der Waals surface area contributed by atoms with E-state index in [0.717, 1.165) is 32.5 Å². The van der Waals surface area contributed by atoms with Gasteiger partial charge in [0.25, 0.3) is 5.78 Å². The maximum atomic E-state index is 13.6. The number of carbonyl (C=O) groups excluding carboxylic acids is 2. The van der Waals surface area contributed by atoms with Gasteiger partial charge in [0.2, 0.25) is 5.13 Å². The lowest BCUT2D eigenvalue weighted by atomic mass is 9.95. The summed E-state index contributed by atoms with van der Waals surface area (Å²) in [7, 11) is 0. The van der Waals surface area contributed by atoms with E-state index in [1.54, 1.807) is 54.6 Å². The fourth-order valence-electron chi connectivity index (χ4n) is 4.90. The number of aryl methyl sites for hydroxylation is 1. The molecule has 2 heterocycles. The largest absolute Gasteiger partial charge is 0.507 e. The topological polar surface area (TPSA) is 92.6 Å². The molecular formula is C34H25BrFN3O4S2. The number of anilines is 1. The quantitative estimate of drug-likeness (QED) is 0.0544. The lowest BCUT2D eigenvalue weighted by Gasteiger charge is -2.22. The molecule has 1 atom stereocenters. The third kappa shape index (κ3) is 6.70. The molecule has 0 saturated carbocycles. The first-order valence-corrected chi connectivity index (χ1v) is 16.4. The van der Waals surface area contributed by atoms with E-state index in [4.69, 9.17) is 4.74 Å². The predicted octanol–water partition coefficient (Wildman–Crippen LogP) is 8.25. The van der Waals surface area contributed by atoms with Crippen LogP contribution in [0.5, 0.6) is 5.75 Å². The summed E-state index contributed by atoms with van der Waals surface area (Å²) in [5.41, 5.74) is 4.01. The SMILES string of the molecule is Cc1ccccc1COc1ccc(C(O)=C2C(=O)C(=O)N(c3nnc(SCc4ccc(F)cc4)s3)C2c2cccc(Br)c2)cc1. The molecule has 1 aliphatic heterocycles. The van der Waals surface area contributed by atoms with Crippen molar-refractivity contribution in [1.82, 2.24) is 10.2 Å². The normalized spacial score (nSPS) is 15.9. The number of amides is 1. The van der Waals surface area contributed by atoms with Crippen molar-refractivity contribution in [2.45, 2.75) is 29.7 Å². The number of aliphatic hydroxyl groups excluding tert-OH is 1. The van der Waals surface area contributed by atoms with Crippen LogP contribution in [-0.2, 0) is 21.9 Å². The Bertz CT molecular complexity index is 1910. The second-order valence-corrected chi connectivity index (χ2v) is 13.3. The average molecular weight is 703 g/mol. The third-order valence-electron chi connectivity index (χ3n) is 7.27. The highest BCUT2D eigenvalue weighted by molar-refractivity contribution is 9.10. The van der Waals surface area contributed by atoms with Gasteiger partial charge >= 0.3 is 5.91 Å². The van der Waals surface area contributed by atoms with Gasteiger partial charge in [0.05, 0.1) is 11.6 Å². The lowest BCUT2D eigenvalue weighted by molar-refractivity contribution is -0.132. The van der Waals surface area contributed by atoms with Gasteiger partial charge in [-0.2, -0.15) is 0 Å². The van der Waals surface area contributed by atoms with Gasteiger partial charge in [-0.1, -0.05) is 87.6 Å². The zero-order chi connectivity index (χ0) is 31.5. The van der Waals surface area contributed by atoms with Crippen molar-refractivity contribution in [3.63, 3.8) is 0 Å². The maximum Gasteiger partial charge on any atom is 0.301 e. The zero-order valence-electron chi connectivity index (χ0n) is 23.8. The van der Waals surface area contributed by atoms with E-state index < -0.39 is 17.7 Å². The van der Waals surface area contributed by atoms with Crippen molar-refractivity contribution in [2.75, 3.05) is 4.90 Å². The molecule has 1 fully saturated rings. The molecule has 4 aromatic carbocycles. The number of aromatic nitrogens is 2. The fourth-order valence-corrected chi connectivity index (χ4v) is 7.14. The summed E-state index contributed by atoms with van der Waals surface area (Å²) in [6, 6.07) is 27.1. The number of hydrogen-bond acceptors (Lipinski definition) is 8. The van der Waals surface area contributed by atoms with E-state index >= 15 is 0 Å². The molecule has 1 aliphatic rings. The zero-order valence-corrected chi connectivity index (χ0v) is 27.0. The molecule has 1 amide bonds. The van der Waals surface area contributed by atoms with Crippen molar-refractivity contribution in [3.8, 4) is 5.75 Å². The smallest absolute Gasteiger partial charge is 0.301 e. The predicted molar refractivity (Wildman–Crippen MR) is 177 cm³/mol. The first kappa shape index (κ1) is 30.7. The summed E-state index contributed by atoms with van der Waals surface area (Å²) in [6.45, 7) is 2.41. The highest BCUT2D eigenvalue weighted by Gasteiger charge is 2.48. The van der Waals surface area contributed by atoms with Crippen LogP contribution in [0.4, 0.5) is 9.52 Å². The van der Waals surface area contributed by atoms with Crippen LogP contribution in [0.1, 0.15) is 33.9 Å². The first-order chi connectivity index (χ1) is 21.8. The summed E-state index contributed by atoms with van der Waals surface area (Å²) in [5.74, 6) is -1.14. The second kappa shape index (κ2) is 13.4. The Kier molecular flexibility index (Phi) is 9.11. The van der Waals surface area contributed by atoms with Crippen LogP contribution in [0, 0.1) is 12.7 Å². The Balaban J connectivity index is 1.30. The van der Waals surface area contributed by atoms with Gasteiger partial charge in [0.1, 0.15) is 23.9 Å². The monoisotopic (exact) mass is 701 g/mol. The van der Waals surface area contributed by atoms with Crippen molar-refractivity contribution in [2.24, 2.45) is 0 Å². The molecule has 0 radical (unpaired) electrons. The number of hydrogen-bond donors (Lipinski definition) is 1. The molecule has 5 aromatic rings. The number of ether oxygens (including phenoxy) is 1. The standard InChI is InChI=1S/C34H25BrFN3O4S2/c1-20-5-2-3-6-24(20)18-43-27-15-11-22(12-16-27)30(40)28-29(23-7-4-8-25(35)17-23)39(32(42)31(28)41)33-37-38-34(45-33)44-19-21-9-13-26(36)14-10-21/h2-17,29,40H,18-19H2,1H3. The summed E-state index contributed by atoms with van der Waals surface area (Å²) in [6.07, 6.45) is 0. The Labute approximate surface area is 275 Å². The van der Waals surface area contributed by atoms with E-state index in [9.17, 15) is 19.1 Å². The van der Waals surface area contributed by atoms with Crippen molar-refractivity contribution in [3.05, 3.63) is 141 Å². The first-order valence-electron chi connectivity index (χ1n) is 13.8. The van der Waals surface area contributed by atoms with Crippen LogP contribution in [0.15, 0.2) is 111 Å². The van der Waals surface area contributed by atoms with E-state index in [0.29, 0.717) is 33.6 Å². The summed E-state index contributed by atoms with van der Waals surface area (Å²) >= 11 is 6.03. The van der Waals surface area contributed by atoms with Gasteiger partial charge in [-0.3, -0.25) is 14.5 Å². The molecule has 1 aromatic heterocycles. The minimum atomic E-state index is -0.942. The number of benzene rings is 4. The van der Waals surface area contributed by atoms with Crippen LogP contribution in [-0.4, -0.2) is 27.0 Å². The Morgan fingerprint density at radius 1 is 1.00 bits per heavy atom. The Morgan fingerprint density at radius 2 is 1.76 bits per heavy atom. The Morgan fingerprint density at radius 3 is 2.49 bits per heavy atom. The number of ketones is 1. The summed E-state index contributed by atoms with van der Waals surface area (Å²) in [4.78, 5) is 28.4. The Hall–Kier alpha value is -4.32. The second-order valence-electron chi connectivity index (χ2n) is 10.2. The van der Waals surface area contributed by atoms with Gasteiger partial charge < -0.3 is 9.84 Å². The molecule has 11 heteroatoms. The van der Waals surface area contributed by atoms with Gasteiger partial charge in [-0.25, -0.2) is 4.39 Å². The van der Waals surface area contributed by atoms with Crippen molar-refractivity contribution >= 4 is 61.6 Å². The summed E-state index contributed by atoms with van der Waals surface area (Å²) in [5, 5.41) is 20.2. The van der Waals surface area contributed by atoms with Crippen LogP contribution in [0.25, 0.3) is 5.76 Å². The number of aliphatic hydroxyl groups is 1. The average Bonchev–Trinajstić information content (AvgIpc) is 3.62. The van der Waals surface area contributed by atoms with E-state index in [2.05, 4.69) is 26.1 Å². The number of thioether (sulfide) groups is 1. The van der Waals surface area contributed by atoms with Gasteiger partial charge in [-0.05, 0) is 77.7 Å². The molecule has 1 saturated heterocycles. The highest BCUT2D eigenvalue weighted by atomic mass is 79.9. The van der Waals surface area contributed by atoms with E-state index in [1.165, 1.54) is 28.8 Å². The van der Waals surface area contributed by atoms with E-state index in [-0.39, 0.29) is 22.3 Å².